The first kappa shape index (κ1) is 24.5. The molecule has 1 saturated heterocycles. The van der Waals surface area contributed by atoms with Crippen molar-refractivity contribution in [1.29, 1.82) is 0 Å². The fourth-order valence-corrected chi connectivity index (χ4v) is 9.50. The zero-order chi connectivity index (χ0) is 25.2. The van der Waals surface area contributed by atoms with Crippen LogP contribution in [0.4, 0.5) is 0 Å². The van der Waals surface area contributed by atoms with Crippen molar-refractivity contribution in [1.82, 2.24) is 9.80 Å². The summed E-state index contributed by atoms with van der Waals surface area (Å²) in [5.41, 5.74) is -0.296. The van der Waals surface area contributed by atoms with E-state index in [-0.39, 0.29) is 28.1 Å². The first-order valence-electron chi connectivity index (χ1n) is 13.5. The van der Waals surface area contributed by atoms with Gasteiger partial charge in [0.1, 0.15) is 5.78 Å². The number of carbonyl (C=O) groups excluding carboxylic acids is 3. The second-order valence-electron chi connectivity index (χ2n) is 12.9. The average molecular weight is 485 g/mol. The number of amides is 2. The molecular weight excluding hydrogens is 444 g/mol. The highest BCUT2D eigenvalue weighted by atomic mass is 16.4. The molecule has 4 saturated carbocycles. The van der Waals surface area contributed by atoms with Crippen LogP contribution in [0.2, 0.25) is 0 Å². The van der Waals surface area contributed by atoms with Crippen molar-refractivity contribution in [3.05, 3.63) is 12.2 Å². The van der Waals surface area contributed by atoms with Gasteiger partial charge in [-0.25, -0.2) is 4.79 Å². The molecule has 1 heterocycles. The van der Waals surface area contributed by atoms with Crippen LogP contribution in [0.25, 0.3) is 0 Å². The van der Waals surface area contributed by atoms with Gasteiger partial charge in [-0.3, -0.25) is 14.4 Å². The Morgan fingerprint density at radius 2 is 1.54 bits per heavy atom. The number of carboxylic acids is 1. The second-order valence-corrected chi connectivity index (χ2v) is 12.9. The van der Waals surface area contributed by atoms with E-state index in [1.54, 1.807) is 4.90 Å². The third kappa shape index (κ3) is 3.67. The standard InChI is InChI=1S/C28H40N2O5/c1-25-11-7-20-26(2)9-4-10-27(3,19(26)8-12-28(20,18-25)17-21(25)31)24(35)30-15-13-29(14-16-30)22(32)5-6-23(33)34/h5-6,19-20H,4,7-18H2,1-3H3,(H,33,34)/b6-5+/t19-,20-,25-,26+,27+,28-/m0/s1. The van der Waals surface area contributed by atoms with E-state index in [9.17, 15) is 19.2 Å². The van der Waals surface area contributed by atoms with Crippen LogP contribution in [0.3, 0.4) is 0 Å². The first-order chi connectivity index (χ1) is 16.4. The molecule has 0 unspecified atom stereocenters. The maximum Gasteiger partial charge on any atom is 0.328 e. The van der Waals surface area contributed by atoms with E-state index in [1.807, 2.05) is 4.90 Å². The molecule has 0 aromatic heterocycles. The topological polar surface area (TPSA) is 95.0 Å². The summed E-state index contributed by atoms with van der Waals surface area (Å²) >= 11 is 0. The summed E-state index contributed by atoms with van der Waals surface area (Å²) in [5, 5.41) is 8.77. The van der Waals surface area contributed by atoms with E-state index >= 15 is 0 Å². The van der Waals surface area contributed by atoms with Crippen LogP contribution in [-0.2, 0) is 19.2 Å². The molecule has 7 nitrogen and oxygen atoms in total. The van der Waals surface area contributed by atoms with E-state index in [4.69, 9.17) is 5.11 Å². The van der Waals surface area contributed by atoms with Crippen molar-refractivity contribution in [2.24, 2.45) is 33.5 Å². The Labute approximate surface area is 208 Å². The highest BCUT2D eigenvalue weighted by Gasteiger charge is 2.68. The molecule has 0 aromatic rings. The Kier molecular flexibility index (Phi) is 5.72. The summed E-state index contributed by atoms with van der Waals surface area (Å²) in [4.78, 5) is 53.6. The molecule has 2 bridgehead atoms. The molecule has 7 heteroatoms. The minimum absolute atomic E-state index is 0.0896. The molecule has 1 N–H and O–H groups in total. The van der Waals surface area contributed by atoms with Crippen LogP contribution in [0.5, 0.6) is 0 Å². The van der Waals surface area contributed by atoms with E-state index in [1.165, 1.54) is 0 Å². The molecule has 6 atom stereocenters. The van der Waals surface area contributed by atoms with Gasteiger partial charge in [-0.15, -0.1) is 0 Å². The number of Topliss-reactive ketones (excluding diaryl/α,β-unsaturated/α-hetero) is 1. The molecule has 4 aliphatic carbocycles. The van der Waals surface area contributed by atoms with Crippen LogP contribution < -0.4 is 0 Å². The summed E-state index contributed by atoms with van der Waals surface area (Å²) in [6, 6.07) is 0. The monoisotopic (exact) mass is 484 g/mol. The zero-order valence-electron chi connectivity index (χ0n) is 21.5. The number of ketones is 1. The zero-order valence-corrected chi connectivity index (χ0v) is 21.5. The molecule has 35 heavy (non-hydrogen) atoms. The van der Waals surface area contributed by atoms with Gasteiger partial charge in [0.05, 0.1) is 0 Å². The lowest BCUT2D eigenvalue weighted by atomic mass is 9.40. The van der Waals surface area contributed by atoms with E-state index in [0.717, 1.165) is 69.9 Å². The molecule has 0 aromatic carbocycles. The number of aliphatic carboxylic acids is 1. The summed E-state index contributed by atoms with van der Waals surface area (Å²) in [6.07, 6.45) is 11.1. The fourth-order valence-electron chi connectivity index (χ4n) is 9.50. The highest BCUT2D eigenvalue weighted by Crippen LogP contribution is 2.73. The molecule has 5 aliphatic rings. The predicted molar refractivity (Wildman–Crippen MR) is 130 cm³/mol. The number of fused-ring (bicyclic) bond motifs is 3. The minimum atomic E-state index is -1.14. The van der Waals surface area contributed by atoms with Crippen molar-refractivity contribution in [3.63, 3.8) is 0 Å². The summed E-state index contributed by atoms with van der Waals surface area (Å²) in [6.45, 7) is 8.65. The Morgan fingerprint density at radius 1 is 0.886 bits per heavy atom. The van der Waals surface area contributed by atoms with Gasteiger partial charge in [0, 0.05) is 55.6 Å². The SMILES string of the molecule is C[C@@]12CC[C@@H]3[C@@](CC[C@H]4[C@@]3(C)CCC[C@@]4(C)C(=O)N3CCN(C(=O)/C=C/C(=O)O)CC3)(CC1=O)C2. The fraction of sp³-hybridized carbons (Fsp3) is 0.786. The molecule has 192 valence electrons. The predicted octanol–water partition coefficient (Wildman–Crippen LogP) is 3.67. The van der Waals surface area contributed by atoms with Gasteiger partial charge in [-0.2, -0.15) is 0 Å². The quantitative estimate of drug-likeness (QED) is 0.617. The number of hydrogen-bond acceptors (Lipinski definition) is 4. The molecule has 5 rings (SSSR count). The Hall–Kier alpha value is -2.18. The molecule has 1 spiro atoms. The van der Waals surface area contributed by atoms with Crippen LogP contribution in [0.15, 0.2) is 12.2 Å². The number of carboxylic acid groups (broad SMARTS) is 1. The first-order valence-corrected chi connectivity index (χ1v) is 13.5. The highest BCUT2D eigenvalue weighted by molar-refractivity contribution is 5.94. The Bertz CT molecular complexity index is 984. The van der Waals surface area contributed by atoms with Crippen molar-refractivity contribution in [3.8, 4) is 0 Å². The second kappa shape index (κ2) is 8.17. The molecule has 5 fully saturated rings. The average Bonchev–Trinajstić information content (AvgIpc) is 2.99. The van der Waals surface area contributed by atoms with Crippen molar-refractivity contribution in [2.45, 2.75) is 78.6 Å². The Balaban J connectivity index is 1.32. The lowest BCUT2D eigenvalue weighted by molar-refractivity contribution is -0.179. The maximum atomic E-state index is 14.1. The van der Waals surface area contributed by atoms with Crippen LogP contribution in [-0.4, -0.2) is 64.7 Å². The normalized spacial score (nSPS) is 43.1. The van der Waals surface area contributed by atoms with Gasteiger partial charge < -0.3 is 14.9 Å². The van der Waals surface area contributed by atoms with Gasteiger partial charge in [0.2, 0.25) is 11.8 Å². The van der Waals surface area contributed by atoms with Gasteiger partial charge in [0.15, 0.2) is 0 Å². The number of hydrogen-bond donors (Lipinski definition) is 1. The third-order valence-corrected chi connectivity index (χ3v) is 11.1. The summed E-state index contributed by atoms with van der Waals surface area (Å²) < 4.78 is 0. The van der Waals surface area contributed by atoms with Gasteiger partial charge in [-0.1, -0.05) is 27.2 Å². The number of nitrogens with zero attached hydrogens (tertiary/aromatic N) is 2. The lowest BCUT2D eigenvalue weighted by Crippen LogP contribution is -2.62. The van der Waals surface area contributed by atoms with Crippen LogP contribution in [0.1, 0.15) is 78.6 Å². The van der Waals surface area contributed by atoms with E-state index in [0.29, 0.717) is 43.8 Å². The largest absolute Gasteiger partial charge is 0.478 e. The lowest BCUT2D eigenvalue weighted by Gasteiger charge is -2.64. The number of piperazine rings is 1. The molecular formula is C28H40N2O5. The van der Waals surface area contributed by atoms with E-state index < -0.39 is 11.4 Å². The Morgan fingerprint density at radius 3 is 2.23 bits per heavy atom. The molecule has 2 amide bonds. The number of rotatable bonds is 3. The minimum Gasteiger partial charge on any atom is -0.478 e. The van der Waals surface area contributed by atoms with Crippen LogP contribution >= 0.6 is 0 Å². The summed E-state index contributed by atoms with van der Waals surface area (Å²) in [7, 11) is 0. The van der Waals surface area contributed by atoms with Crippen molar-refractivity contribution in [2.75, 3.05) is 26.2 Å². The van der Waals surface area contributed by atoms with Gasteiger partial charge in [-0.05, 0) is 67.6 Å². The van der Waals surface area contributed by atoms with Crippen molar-refractivity contribution < 1.29 is 24.3 Å². The maximum absolute atomic E-state index is 14.1. The molecule has 0 radical (unpaired) electrons. The van der Waals surface area contributed by atoms with E-state index in [2.05, 4.69) is 20.8 Å². The van der Waals surface area contributed by atoms with Gasteiger partial charge >= 0.3 is 5.97 Å². The van der Waals surface area contributed by atoms with Crippen molar-refractivity contribution >= 4 is 23.6 Å². The molecule has 1 aliphatic heterocycles. The van der Waals surface area contributed by atoms with Crippen LogP contribution in [0, 0.1) is 33.5 Å². The summed E-state index contributed by atoms with van der Waals surface area (Å²) in [5.74, 6) is 0.0903. The van der Waals surface area contributed by atoms with Gasteiger partial charge in [0.25, 0.3) is 0 Å². The number of carbonyl (C=O) groups is 4. The third-order valence-electron chi connectivity index (χ3n) is 11.1. The smallest absolute Gasteiger partial charge is 0.328 e.